The minimum Gasteiger partial charge on any atom is -0.497 e. The maximum Gasteiger partial charge on any atom is 0.292 e. The van der Waals surface area contributed by atoms with Crippen molar-refractivity contribution in [2.75, 3.05) is 12.8 Å². The number of rotatable bonds is 3. The predicted molar refractivity (Wildman–Crippen MR) is 62.1 cm³/mol. The lowest BCUT2D eigenvalue weighted by Gasteiger charge is -2.02. The Kier molecular flexibility index (Phi) is 2.82. The summed E-state index contributed by atoms with van der Waals surface area (Å²) in [7, 11) is 1.54. The highest BCUT2D eigenvalue weighted by Gasteiger charge is 2.18. The van der Waals surface area contributed by atoms with E-state index in [4.69, 9.17) is 14.9 Å². The lowest BCUT2D eigenvalue weighted by Crippen LogP contribution is -2.02. The van der Waals surface area contributed by atoms with Crippen molar-refractivity contribution in [1.29, 1.82) is 0 Å². The van der Waals surface area contributed by atoms with Crippen LogP contribution in [0.2, 0.25) is 0 Å². The monoisotopic (exact) mass is 232 g/mol. The van der Waals surface area contributed by atoms with Gasteiger partial charge in [-0.05, 0) is 19.1 Å². The average Bonchev–Trinajstić information content (AvgIpc) is 2.67. The van der Waals surface area contributed by atoms with Gasteiger partial charge in [0.1, 0.15) is 5.75 Å². The van der Waals surface area contributed by atoms with Crippen molar-refractivity contribution in [3.63, 3.8) is 0 Å². The zero-order valence-corrected chi connectivity index (χ0v) is 9.56. The molecule has 0 aliphatic rings. The number of ketones is 1. The minimum absolute atomic E-state index is 0.00579. The Morgan fingerprint density at radius 1 is 1.47 bits per heavy atom. The minimum atomic E-state index is -0.259. The second-order valence-corrected chi connectivity index (χ2v) is 3.53. The molecule has 1 aromatic heterocycles. The Hall–Kier alpha value is -2.30. The van der Waals surface area contributed by atoms with Gasteiger partial charge in [-0.3, -0.25) is 4.79 Å². The Morgan fingerprint density at radius 3 is 2.82 bits per heavy atom. The van der Waals surface area contributed by atoms with Crippen LogP contribution in [0, 0.1) is 6.92 Å². The fourth-order valence-corrected chi connectivity index (χ4v) is 1.52. The molecule has 0 amide bonds. The van der Waals surface area contributed by atoms with E-state index < -0.39 is 0 Å². The number of oxazole rings is 1. The summed E-state index contributed by atoms with van der Waals surface area (Å²) in [5.41, 5.74) is 6.35. The summed E-state index contributed by atoms with van der Waals surface area (Å²) < 4.78 is 10.1. The van der Waals surface area contributed by atoms with Crippen molar-refractivity contribution < 1.29 is 13.9 Å². The standard InChI is InChI=1S/C12H12N2O3/c1-7-11(17-12(13)14-7)10(15)8-4-3-5-9(6-8)16-2/h3-6H,1-2H3,(H2,13,14). The highest BCUT2D eigenvalue weighted by molar-refractivity contribution is 6.08. The molecule has 5 heteroatoms. The molecule has 0 unspecified atom stereocenters. The molecule has 2 rings (SSSR count). The van der Waals surface area contributed by atoms with Crippen LogP contribution < -0.4 is 10.5 Å². The molecule has 0 aliphatic heterocycles. The molecule has 2 aromatic rings. The molecular weight excluding hydrogens is 220 g/mol. The Labute approximate surface area is 98.2 Å². The van der Waals surface area contributed by atoms with Crippen LogP contribution in [0.3, 0.4) is 0 Å². The van der Waals surface area contributed by atoms with Crippen LogP contribution in [0.15, 0.2) is 28.7 Å². The van der Waals surface area contributed by atoms with Crippen molar-refractivity contribution in [1.82, 2.24) is 4.98 Å². The quantitative estimate of drug-likeness (QED) is 0.816. The molecule has 0 atom stereocenters. The van der Waals surface area contributed by atoms with Gasteiger partial charge in [0, 0.05) is 5.56 Å². The third kappa shape index (κ3) is 2.13. The van der Waals surface area contributed by atoms with Gasteiger partial charge in [0.25, 0.3) is 6.01 Å². The van der Waals surface area contributed by atoms with Crippen LogP contribution in [0.5, 0.6) is 5.75 Å². The fraction of sp³-hybridized carbons (Fsp3) is 0.167. The summed E-state index contributed by atoms with van der Waals surface area (Å²) in [6.07, 6.45) is 0. The number of nitrogens with two attached hydrogens (primary N) is 1. The Balaban J connectivity index is 2.40. The summed E-state index contributed by atoms with van der Waals surface area (Å²) in [6.45, 7) is 1.67. The van der Waals surface area contributed by atoms with Gasteiger partial charge in [-0.2, -0.15) is 4.98 Å². The molecule has 0 aliphatic carbocycles. The van der Waals surface area contributed by atoms with Gasteiger partial charge in [0.05, 0.1) is 12.8 Å². The third-order valence-electron chi connectivity index (χ3n) is 2.35. The topological polar surface area (TPSA) is 78.3 Å². The highest BCUT2D eigenvalue weighted by Crippen LogP contribution is 2.19. The summed E-state index contributed by atoms with van der Waals surface area (Å²) in [6, 6.07) is 6.82. The number of carbonyl (C=O) groups is 1. The zero-order valence-electron chi connectivity index (χ0n) is 9.56. The molecule has 0 fully saturated rings. The molecule has 0 saturated heterocycles. The smallest absolute Gasteiger partial charge is 0.292 e. The van der Waals surface area contributed by atoms with Crippen LogP contribution in [0.1, 0.15) is 21.8 Å². The molecule has 0 spiro atoms. The fourth-order valence-electron chi connectivity index (χ4n) is 1.52. The van der Waals surface area contributed by atoms with Gasteiger partial charge in [0.15, 0.2) is 5.76 Å². The van der Waals surface area contributed by atoms with Gasteiger partial charge >= 0.3 is 0 Å². The summed E-state index contributed by atoms with van der Waals surface area (Å²) >= 11 is 0. The molecule has 1 heterocycles. The number of aryl methyl sites for hydroxylation is 1. The maximum absolute atomic E-state index is 12.1. The van der Waals surface area contributed by atoms with Crippen LogP contribution >= 0.6 is 0 Å². The number of anilines is 1. The number of hydrogen-bond donors (Lipinski definition) is 1. The first-order valence-corrected chi connectivity index (χ1v) is 5.03. The molecule has 17 heavy (non-hydrogen) atoms. The number of methoxy groups -OCH3 is 1. The maximum atomic E-state index is 12.1. The highest BCUT2D eigenvalue weighted by atomic mass is 16.5. The van der Waals surface area contributed by atoms with Crippen molar-refractivity contribution in [2.45, 2.75) is 6.92 Å². The molecular formula is C12H12N2O3. The van der Waals surface area contributed by atoms with Crippen LogP contribution in [-0.4, -0.2) is 17.9 Å². The first kappa shape index (κ1) is 11.2. The molecule has 2 N–H and O–H groups in total. The summed E-state index contributed by atoms with van der Waals surface area (Å²) in [4.78, 5) is 16.0. The van der Waals surface area contributed by atoms with Crippen LogP contribution in [0.4, 0.5) is 6.01 Å². The number of nitrogens with zero attached hydrogens (tertiary/aromatic N) is 1. The lowest BCUT2D eigenvalue weighted by molar-refractivity contribution is 0.101. The van der Waals surface area contributed by atoms with Crippen molar-refractivity contribution in [3.05, 3.63) is 41.3 Å². The molecule has 0 saturated carbocycles. The second-order valence-electron chi connectivity index (χ2n) is 3.53. The number of carbonyl (C=O) groups excluding carboxylic acids is 1. The van der Waals surface area contributed by atoms with Crippen molar-refractivity contribution in [3.8, 4) is 5.75 Å². The van der Waals surface area contributed by atoms with Crippen molar-refractivity contribution in [2.24, 2.45) is 0 Å². The number of nitrogen functional groups attached to an aromatic ring is 1. The van der Waals surface area contributed by atoms with E-state index >= 15 is 0 Å². The number of aromatic nitrogens is 1. The van der Waals surface area contributed by atoms with E-state index in [1.165, 1.54) is 0 Å². The Morgan fingerprint density at radius 2 is 2.24 bits per heavy atom. The normalized spacial score (nSPS) is 10.2. The third-order valence-corrected chi connectivity index (χ3v) is 2.35. The van der Waals surface area contributed by atoms with Gasteiger partial charge in [-0.1, -0.05) is 12.1 Å². The van der Waals surface area contributed by atoms with Crippen LogP contribution in [0.25, 0.3) is 0 Å². The van der Waals surface area contributed by atoms with E-state index in [2.05, 4.69) is 4.98 Å². The Bertz CT molecular complexity index is 561. The summed E-state index contributed by atoms with van der Waals surface area (Å²) in [5, 5.41) is 0. The van der Waals surface area contributed by atoms with Crippen molar-refractivity contribution >= 4 is 11.8 Å². The average molecular weight is 232 g/mol. The van der Waals surface area contributed by atoms with E-state index in [-0.39, 0.29) is 17.6 Å². The van der Waals surface area contributed by atoms with Crippen LogP contribution in [-0.2, 0) is 0 Å². The second kappa shape index (κ2) is 4.29. The van der Waals surface area contributed by atoms with E-state index in [1.54, 1.807) is 38.3 Å². The van der Waals surface area contributed by atoms with Gasteiger partial charge in [0.2, 0.25) is 5.78 Å². The van der Waals surface area contributed by atoms with E-state index in [1.807, 2.05) is 0 Å². The van der Waals surface area contributed by atoms with E-state index in [9.17, 15) is 4.79 Å². The zero-order chi connectivity index (χ0) is 12.4. The van der Waals surface area contributed by atoms with E-state index in [0.717, 1.165) is 0 Å². The first-order valence-electron chi connectivity index (χ1n) is 5.03. The summed E-state index contributed by atoms with van der Waals surface area (Å²) in [5.74, 6) is 0.516. The number of benzene rings is 1. The number of ether oxygens (including phenoxy) is 1. The predicted octanol–water partition coefficient (Wildman–Crippen LogP) is 1.80. The molecule has 0 bridgehead atoms. The largest absolute Gasteiger partial charge is 0.497 e. The molecule has 5 nitrogen and oxygen atoms in total. The molecule has 88 valence electrons. The van der Waals surface area contributed by atoms with Gasteiger partial charge in [-0.15, -0.1) is 0 Å². The molecule has 0 radical (unpaired) electrons. The lowest BCUT2D eigenvalue weighted by atomic mass is 10.1. The number of hydrogen-bond acceptors (Lipinski definition) is 5. The van der Waals surface area contributed by atoms with Gasteiger partial charge in [-0.25, -0.2) is 0 Å². The SMILES string of the molecule is COc1cccc(C(=O)c2oc(N)nc2C)c1. The van der Waals surface area contributed by atoms with E-state index in [0.29, 0.717) is 17.0 Å². The first-order chi connectivity index (χ1) is 8.11. The molecule has 1 aromatic carbocycles. The van der Waals surface area contributed by atoms with Gasteiger partial charge < -0.3 is 14.9 Å².